The molecule has 11 nitrogen and oxygen atoms in total. The van der Waals surface area contributed by atoms with E-state index in [9.17, 15) is 19.5 Å². The van der Waals surface area contributed by atoms with Gasteiger partial charge in [-0.15, -0.1) is 0 Å². The molecule has 5 aliphatic rings. The lowest BCUT2D eigenvalue weighted by Gasteiger charge is -2.50. The van der Waals surface area contributed by atoms with Crippen molar-refractivity contribution >= 4 is 40.7 Å². The summed E-state index contributed by atoms with van der Waals surface area (Å²) in [7, 11) is 1.50. The molecule has 11 heteroatoms. The number of nitrogens with one attached hydrogen (secondary N) is 1. The Morgan fingerprint density at radius 3 is 2.24 bits per heavy atom. The summed E-state index contributed by atoms with van der Waals surface area (Å²) in [4.78, 5) is 62.8. The topological polar surface area (TPSA) is 129 Å². The molecule has 9 rings (SSSR count). The van der Waals surface area contributed by atoms with Crippen molar-refractivity contribution in [2.24, 2.45) is 23.7 Å². The van der Waals surface area contributed by atoms with Crippen LogP contribution in [0.3, 0.4) is 0 Å². The van der Waals surface area contributed by atoms with E-state index < -0.39 is 46.8 Å². The lowest BCUT2D eigenvalue weighted by Crippen LogP contribution is -2.53. The summed E-state index contributed by atoms with van der Waals surface area (Å²) in [6, 6.07) is 29.1. The number of aryl methyl sites for hydroxylation is 1. The fourth-order valence-electron chi connectivity index (χ4n) is 9.92. The van der Waals surface area contributed by atoms with E-state index in [1.165, 1.54) is 18.1 Å². The Balaban J connectivity index is 1.17. The minimum atomic E-state index is -1.45. The van der Waals surface area contributed by atoms with E-state index >= 15 is 4.79 Å². The minimum absolute atomic E-state index is 0.0145. The zero-order valence-electron chi connectivity index (χ0n) is 30.7. The number of benzene rings is 4. The van der Waals surface area contributed by atoms with E-state index in [4.69, 9.17) is 9.47 Å². The van der Waals surface area contributed by atoms with Gasteiger partial charge in [-0.2, -0.15) is 5.01 Å². The number of ether oxygens (including phenoxy) is 2. The van der Waals surface area contributed by atoms with E-state index in [2.05, 4.69) is 10.3 Å². The van der Waals surface area contributed by atoms with Crippen LogP contribution >= 0.6 is 0 Å². The van der Waals surface area contributed by atoms with E-state index in [0.29, 0.717) is 47.9 Å². The standard InChI is InChI=1S/C44H42N4O7/c1-26-8-10-28(11-9-26)45-48-41(51)36-25-35-32(39(33-17-16-31(49)24-37(33)54-2)44(36,43(48)53)27-6-4-3-5-7-27)18-19-34-38(35)42(52)47(40(34)50)30-14-12-29(13-15-30)46-20-22-55-23-21-46/h3-18,24,34-36,38-39,45,49H,19-23,25H2,1-2H3/t34-,35+,36-,38-,39+,44+/m0/s1. The smallest absolute Gasteiger partial charge is 0.260 e. The van der Waals surface area contributed by atoms with E-state index in [1.807, 2.05) is 91.9 Å². The molecular weight excluding hydrogens is 697 g/mol. The van der Waals surface area contributed by atoms with Crippen molar-refractivity contribution in [1.82, 2.24) is 5.01 Å². The highest BCUT2D eigenvalue weighted by atomic mass is 16.5. The number of hydrogen-bond acceptors (Lipinski definition) is 9. The predicted molar refractivity (Wildman–Crippen MR) is 205 cm³/mol. The molecule has 0 bridgehead atoms. The molecule has 0 aromatic heterocycles. The molecule has 3 heterocycles. The van der Waals surface area contributed by atoms with Crippen molar-refractivity contribution < 1.29 is 33.8 Å². The first-order valence-corrected chi connectivity index (χ1v) is 18.9. The molecule has 2 aliphatic carbocycles. The fraction of sp³-hybridized carbons (Fsp3) is 0.318. The second kappa shape index (κ2) is 13.4. The zero-order chi connectivity index (χ0) is 38.0. The van der Waals surface area contributed by atoms with Crippen LogP contribution in [-0.4, -0.2) is 67.2 Å². The largest absolute Gasteiger partial charge is 0.508 e. The number of rotatable bonds is 7. The third kappa shape index (κ3) is 5.35. The number of nitrogens with zero attached hydrogens (tertiary/aromatic N) is 3. The molecule has 280 valence electrons. The van der Waals surface area contributed by atoms with Crippen LogP contribution in [0.5, 0.6) is 11.5 Å². The summed E-state index contributed by atoms with van der Waals surface area (Å²) in [5.41, 5.74) is 6.88. The van der Waals surface area contributed by atoms with Crippen LogP contribution in [-0.2, 0) is 29.3 Å². The van der Waals surface area contributed by atoms with Crippen LogP contribution in [0.15, 0.2) is 109 Å². The highest BCUT2D eigenvalue weighted by Gasteiger charge is 2.70. The summed E-state index contributed by atoms with van der Waals surface area (Å²) in [5.74, 6) is -4.65. The van der Waals surface area contributed by atoms with Crippen molar-refractivity contribution in [2.45, 2.75) is 31.1 Å². The maximum atomic E-state index is 15.4. The molecule has 4 fully saturated rings. The molecule has 3 saturated heterocycles. The number of allylic oxidation sites excluding steroid dienone is 2. The summed E-state index contributed by atoms with van der Waals surface area (Å²) >= 11 is 0. The van der Waals surface area contributed by atoms with Crippen molar-refractivity contribution in [3.8, 4) is 11.5 Å². The van der Waals surface area contributed by atoms with Crippen LogP contribution in [0.1, 0.15) is 35.4 Å². The number of morpholine rings is 1. The maximum Gasteiger partial charge on any atom is 0.260 e. The highest BCUT2D eigenvalue weighted by molar-refractivity contribution is 6.22. The number of imide groups is 2. The number of aromatic hydroxyl groups is 1. The second-order valence-electron chi connectivity index (χ2n) is 15.1. The highest BCUT2D eigenvalue weighted by Crippen LogP contribution is 2.65. The van der Waals surface area contributed by atoms with Gasteiger partial charge in [-0.1, -0.05) is 65.7 Å². The number of methoxy groups -OCH3 is 1. The lowest BCUT2D eigenvalue weighted by molar-refractivity contribution is -0.138. The van der Waals surface area contributed by atoms with Gasteiger partial charge in [-0.25, -0.2) is 0 Å². The third-order valence-corrected chi connectivity index (χ3v) is 12.4. The molecule has 2 N–H and O–H groups in total. The Bertz CT molecular complexity index is 2220. The molecule has 4 aromatic rings. The molecule has 55 heavy (non-hydrogen) atoms. The fourth-order valence-corrected chi connectivity index (χ4v) is 9.92. The van der Waals surface area contributed by atoms with Gasteiger partial charge in [0.25, 0.3) is 11.8 Å². The number of carbonyl (C=O) groups is 4. The zero-order valence-corrected chi connectivity index (χ0v) is 30.7. The molecule has 6 atom stereocenters. The number of fused-ring (bicyclic) bond motifs is 4. The number of phenols is 1. The van der Waals surface area contributed by atoms with Gasteiger partial charge < -0.3 is 19.5 Å². The first-order valence-electron chi connectivity index (χ1n) is 18.9. The average Bonchev–Trinajstić information content (AvgIpc) is 3.60. The van der Waals surface area contributed by atoms with E-state index in [1.54, 1.807) is 12.1 Å². The van der Waals surface area contributed by atoms with Crippen molar-refractivity contribution in [2.75, 3.05) is 48.6 Å². The van der Waals surface area contributed by atoms with Gasteiger partial charge in [0.05, 0.1) is 54.9 Å². The van der Waals surface area contributed by atoms with Gasteiger partial charge in [0.1, 0.15) is 11.5 Å². The first kappa shape index (κ1) is 34.8. The number of phenolic OH excluding ortho intramolecular Hbond substituents is 1. The monoisotopic (exact) mass is 738 g/mol. The van der Waals surface area contributed by atoms with Crippen LogP contribution < -0.4 is 20.0 Å². The van der Waals surface area contributed by atoms with Gasteiger partial charge in [0, 0.05) is 36.3 Å². The number of hydrazine groups is 1. The van der Waals surface area contributed by atoms with Crippen molar-refractivity contribution in [3.63, 3.8) is 0 Å². The SMILES string of the molecule is COc1cc(O)ccc1[C@H]1C2=CC[C@@H]3C(=O)N(c4ccc(N5CCOCC5)cc4)C(=O)[C@@H]3[C@@H]2C[C@H]2C(=O)N(Nc3ccc(C)cc3)C(=O)[C@@]12c1ccccc1. The van der Waals surface area contributed by atoms with Gasteiger partial charge in [-0.3, -0.25) is 29.5 Å². The van der Waals surface area contributed by atoms with Crippen molar-refractivity contribution in [1.29, 1.82) is 0 Å². The molecule has 3 aliphatic heterocycles. The summed E-state index contributed by atoms with van der Waals surface area (Å²) in [6.45, 7) is 4.77. The molecule has 1 saturated carbocycles. The minimum Gasteiger partial charge on any atom is -0.508 e. The van der Waals surface area contributed by atoms with Gasteiger partial charge in [0.15, 0.2) is 0 Å². The number of amides is 4. The Labute approximate surface area is 319 Å². The molecule has 0 radical (unpaired) electrons. The molecule has 4 amide bonds. The Hall–Kier alpha value is -5.94. The summed E-state index contributed by atoms with van der Waals surface area (Å²) in [5, 5.41) is 11.7. The Kier molecular flexibility index (Phi) is 8.49. The first-order chi connectivity index (χ1) is 26.7. The average molecular weight is 739 g/mol. The van der Waals surface area contributed by atoms with E-state index in [0.717, 1.165) is 34.9 Å². The Morgan fingerprint density at radius 2 is 1.53 bits per heavy atom. The predicted octanol–water partition coefficient (Wildman–Crippen LogP) is 5.74. The number of carbonyl (C=O) groups excluding carboxylic acids is 4. The van der Waals surface area contributed by atoms with Crippen LogP contribution in [0.4, 0.5) is 17.1 Å². The number of hydrogen-bond donors (Lipinski definition) is 2. The molecular formula is C44H42N4O7. The number of anilines is 3. The van der Waals surface area contributed by atoms with Gasteiger partial charge in [0.2, 0.25) is 11.8 Å². The second-order valence-corrected chi connectivity index (χ2v) is 15.1. The van der Waals surface area contributed by atoms with Gasteiger partial charge in [-0.05, 0) is 73.7 Å². The van der Waals surface area contributed by atoms with Crippen LogP contribution in [0, 0.1) is 30.6 Å². The molecule has 0 spiro atoms. The third-order valence-electron chi connectivity index (χ3n) is 12.4. The molecule has 0 unspecified atom stereocenters. The normalized spacial score (nSPS) is 27.4. The maximum absolute atomic E-state index is 15.4. The Morgan fingerprint density at radius 1 is 0.818 bits per heavy atom. The summed E-state index contributed by atoms with van der Waals surface area (Å²) < 4.78 is 11.4. The lowest BCUT2D eigenvalue weighted by atomic mass is 9.49. The van der Waals surface area contributed by atoms with E-state index in [-0.39, 0.29) is 24.0 Å². The van der Waals surface area contributed by atoms with Gasteiger partial charge >= 0.3 is 0 Å². The van der Waals surface area contributed by atoms with Crippen LogP contribution in [0.2, 0.25) is 0 Å². The van der Waals surface area contributed by atoms with Crippen LogP contribution in [0.25, 0.3) is 0 Å². The molecule has 4 aromatic carbocycles. The van der Waals surface area contributed by atoms with Crippen molar-refractivity contribution in [3.05, 3.63) is 125 Å². The quantitative estimate of drug-likeness (QED) is 0.180. The summed E-state index contributed by atoms with van der Waals surface area (Å²) in [6.07, 6.45) is 2.50.